The molecule has 0 atom stereocenters. The van der Waals surface area contributed by atoms with Crippen molar-refractivity contribution >= 4 is 11.0 Å². The molecule has 0 fully saturated rings. The van der Waals surface area contributed by atoms with Gasteiger partial charge in [0.15, 0.2) is 0 Å². The van der Waals surface area contributed by atoms with E-state index in [9.17, 15) is 0 Å². The quantitative estimate of drug-likeness (QED) is 0.705. The van der Waals surface area contributed by atoms with E-state index in [0.29, 0.717) is 12.5 Å². The minimum absolute atomic E-state index is 0.516. The molecule has 0 amide bonds. The highest BCUT2D eigenvalue weighted by Gasteiger charge is 2.07. The molecule has 0 N–H and O–H groups in total. The van der Waals surface area contributed by atoms with Gasteiger partial charge in [0.05, 0.1) is 5.39 Å². The summed E-state index contributed by atoms with van der Waals surface area (Å²) >= 11 is 0. The Kier molecular flexibility index (Phi) is 2.68. The minimum Gasteiger partial charge on any atom is -0.472 e. The van der Waals surface area contributed by atoms with E-state index in [1.807, 2.05) is 54.2 Å². The Morgan fingerprint density at radius 2 is 1.94 bits per heavy atom. The van der Waals surface area contributed by atoms with Crippen LogP contribution in [0.2, 0.25) is 0 Å². The van der Waals surface area contributed by atoms with Gasteiger partial charge < -0.3 is 9.30 Å². The number of hydrogen-bond donors (Lipinski definition) is 0. The first-order valence-corrected chi connectivity index (χ1v) is 5.77. The van der Waals surface area contributed by atoms with Crippen molar-refractivity contribution in [3.8, 4) is 5.88 Å². The minimum atomic E-state index is 0.516. The molecule has 18 heavy (non-hydrogen) atoms. The highest BCUT2D eigenvalue weighted by molar-refractivity contribution is 5.81. The van der Waals surface area contributed by atoms with Gasteiger partial charge in [0, 0.05) is 13.2 Å². The number of ether oxygens (including phenoxy) is 1. The first-order valence-electron chi connectivity index (χ1n) is 5.77. The van der Waals surface area contributed by atoms with Gasteiger partial charge in [0.2, 0.25) is 5.88 Å². The lowest BCUT2D eigenvalue weighted by molar-refractivity contribution is 0.297. The number of hydrogen-bond acceptors (Lipinski definition) is 3. The van der Waals surface area contributed by atoms with Gasteiger partial charge in [-0.3, -0.25) is 0 Å². The van der Waals surface area contributed by atoms with Gasteiger partial charge in [-0.15, -0.1) is 0 Å². The predicted molar refractivity (Wildman–Crippen MR) is 69.3 cm³/mol. The fourth-order valence-electron chi connectivity index (χ4n) is 1.90. The summed E-state index contributed by atoms with van der Waals surface area (Å²) in [6.45, 7) is 0.516. The van der Waals surface area contributed by atoms with Gasteiger partial charge >= 0.3 is 0 Å². The normalized spacial score (nSPS) is 10.7. The Morgan fingerprint density at radius 1 is 1.11 bits per heavy atom. The molecular formula is C14H13N3O. The summed E-state index contributed by atoms with van der Waals surface area (Å²) in [5.41, 5.74) is 2.01. The maximum Gasteiger partial charge on any atom is 0.226 e. The summed E-state index contributed by atoms with van der Waals surface area (Å²) in [6, 6.07) is 12.0. The number of nitrogens with zero attached hydrogens (tertiary/aromatic N) is 3. The molecule has 0 bridgehead atoms. The summed E-state index contributed by atoms with van der Waals surface area (Å²) in [6.07, 6.45) is 3.48. The van der Waals surface area contributed by atoms with Crippen LogP contribution in [0.15, 0.2) is 48.9 Å². The summed E-state index contributed by atoms with van der Waals surface area (Å²) < 4.78 is 7.70. The standard InChI is InChI=1S/C14H13N3O/c1-17-8-7-12-13(17)15-10-16-14(12)18-9-11-5-3-2-4-6-11/h2-8,10H,9H2,1H3. The average molecular weight is 239 g/mol. The van der Waals surface area contributed by atoms with Crippen LogP contribution in [-0.2, 0) is 13.7 Å². The van der Waals surface area contributed by atoms with Crippen LogP contribution in [0.25, 0.3) is 11.0 Å². The van der Waals surface area contributed by atoms with E-state index in [2.05, 4.69) is 9.97 Å². The van der Waals surface area contributed by atoms with Crippen LogP contribution in [0.3, 0.4) is 0 Å². The van der Waals surface area contributed by atoms with E-state index in [0.717, 1.165) is 16.6 Å². The van der Waals surface area contributed by atoms with Gasteiger partial charge in [-0.05, 0) is 11.6 Å². The zero-order valence-electron chi connectivity index (χ0n) is 10.1. The van der Waals surface area contributed by atoms with Gasteiger partial charge in [-0.2, -0.15) is 0 Å². The molecule has 2 heterocycles. The number of aromatic nitrogens is 3. The van der Waals surface area contributed by atoms with Crippen LogP contribution in [0.4, 0.5) is 0 Å². The van der Waals surface area contributed by atoms with E-state index in [1.165, 1.54) is 6.33 Å². The third-order valence-corrected chi connectivity index (χ3v) is 2.84. The molecule has 2 aromatic heterocycles. The highest BCUT2D eigenvalue weighted by atomic mass is 16.5. The smallest absolute Gasteiger partial charge is 0.226 e. The Hall–Kier alpha value is -2.36. The first kappa shape index (κ1) is 10.8. The van der Waals surface area contributed by atoms with Crippen molar-refractivity contribution in [3.63, 3.8) is 0 Å². The van der Waals surface area contributed by atoms with E-state index < -0.39 is 0 Å². The number of benzene rings is 1. The Bertz CT molecular complexity index is 661. The fraction of sp³-hybridized carbons (Fsp3) is 0.143. The van der Waals surface area contributed by atoms with Crippen LogP contribution in [-0.4, -0.2) is 14.5 Å². The molecule has 0 aliphatic rings. The average Bonchev–Trinajstić information content (AvgIpc) is 2.80. The molecule has 0 saturated heterocycles. The molecule has 4 nitrogen and oxygen atoms in total. The monoisotopic (exact) mass is 239 g/mol. The molecule has 4 heteroatoms. The van der Waals surface area contributed by atoms with E-state index in [4.69, 9.17) is 4.74 Å². The Labute approximate surface area is 105 Å². The van der Waals surface area contributed by atoms with Crippen LogP contribution < -0.4 is 4.74 Å². The van der Waals surface area contributed by atoms with Crippen LogP contribution >= 0.6 is 0 Å². The van der Waals surface area contributed by atoms with Crippen molar-refractivity contribution in [1.29, 1.82) is 0 Å². The topological polar surface area (TPSA) is 39.9 Å². The first-order chi connectivity index (χ1) is 8.84. The van der Waals surface area contributed by atoms with Gasteiger partial charge in [-0.1, -0.05) is 30.3 Å². The third-order valence-electron chi connectivity index (χ3n) is 2.84. The van der Waals surface area contributed by atoms with Crippen molar-refractivity contribution in [2.75, 3.05) is 0 Å². The number of fused-ring (bicyclic) bond motifs is 1. The van der Waals surface area contributed by atoms with Crippen molar-refractivity contribution in [2.45, 2.75) is 6.61 Å². The van der Waals surface area contributed by atoms with Crippen LogP contribution in [0.1, 0.15) is 5.56 Å². The second-order valence-electron chi connectivity index (χ2n) is 4.12. The Balaban J connectivity index is 1.87. The second kappa shape index (κ2) is 4.49. The van der Waals surface area contributed by atoms with Crippen LogP contribution in [0, 0.1) is 0 Å². The van der Waals surface area contributed by atoms with Crippen molar-refractivity contribution in [3.05, 3.63) is 54.5 Å². The zero-order chi connectivity index (χ0) is 12.4. The molecule has 3 rings (SSSR count). The molecule has 3 aromatic rings. The third kappa shape index (κ3) is 1.93. The molecule has 0 saturated carbocycles. The van der Waals surface area contributed by atoms with Crippen molar-refractivity contribution in [1.82, 2.24) is 14.5 Å². The molecular weight excluding hydrogens is 226 g/mol. The van der Waals surface area contributed by atoms with Crippen molar-refractivity contribution in [2.24, 2.45) is 7.05 Å². The molecule has 0 aliphatic carbocycles. The second-order valence-corrected chi connectivity index (χ2v) is 4.12. The maximum absolute atomic E-state index is 5.75. The van der Waals surface area contributed by atoms with Gasteiger partial charge in [0.25, 0.3) is 0 Å². The Morgan fingerprint density at radius 3 is 2.78 bits per heavy atom. The fourth-order valence-corrected chi connectivity index (χ4v) is 1.90. The zero-order valence-corrected chi connectivity index (χ0v) is 10.1. The summed E-state index contributed by atoms with van der Waals surface area (Å²) in [5, 5.41) is 0.941. The molecule has 0 spiro atoms. The molecule has 1 aromatic carbocycles. The van der Waals surface area contributed by atoms with Gasteiger partial charge in [0.1, 0.15) is 18.6 Å². The largest absolute Gasteiger partial charge is 0.472 e. The number of rotatable bonds is 3. The SMILES string of the molecule is Cn1ccc2c(OCc3ccccc3)ncnc21. The highest BCUT2D eigenvalue weighted by Crippen LogP contribution is 2.22. The molecule has 0 radical (unpaired) electrons. The summed E-state index contributed by atoms with van der Waals surface area (Å²) in [4.78, 5) is 8.42. The van der Waals surface area contributed by atoms with Crippen molar-refractivity contribution < 1.29 is 4.74 Å². The summed E-state index contributed by atoms with van der Waals surface area (Å²) in [7, 11) is 1.95. The number of aryl methyl sites for hydroxylation is 1. The van der Waals surface area contributed by atoms with E-state index >= 15 is 0 Å². The van der Waals surface area contributed by atoms with E-state index in [1.54, 1.807) is 0 Å². The molecule has 0 unspecified atom stereocenters. The maximum atomic E-state index is 5.75. The molecule has 0 aliphatic heterocycles. The predicted octanol–water partition coefficient (Wildman–Crippen LogP) is 2.55. The lowest BCUT2D eigenvalue weighted by atomic mass is 10.2. The lowest BCUT2D eigenvalue weighted by Crippen LogP contribution is -1.98. The summed E-state index contributed by atoms with van der Waals surface area (Å²) in [5.74, 6) is 0.629. The lowest BCUT2D eigenvalue weighted by Gasteiger charge is -2.06. The van der Waals surface area contributed by atoms with Crippen LogP contribution in [0.5, 0.6) is 5.88 Å². The van der Waals surface area contributed by atoms with E-state index in [-0.39, 0.29) is 0 Å². The van der Waals surface area contributed by atoms with Gasteiger partial charge in [-0.25, -0.2) is 9.97 Å². The molecule has 90 valence electrons.